The van der Waals surface area contributed by atoms with E-state index in [0.717, 1.165) is 43.9 Å². The van der Waals surface area contributed by atoms with E-state index in [4.69, 9.17) is 4.74 Å². The minimum absolute atomic E-state index is 0.152. The van der Waals surface area contributed by atoms with Crippen LogP contribution in [0, 0.1) is 19.8 Å². The topological polar surface area (TPSA) is 55.3 Å². The van der Waals surface area contributed by atoms with E-state index in [9.17, 15) is 4.79 Å². The summed E-state index contributed by atoms with van der Waals surface area (Å²) < 4.78 is 5.99. The van der Waals surface area contributed by atoms with Crippen molar-refractivity contribution in [2.24, 2.45) is 5.92 Å². The number of hydrogen-bond donors (Lipinski definition) is 0. The Morgan fingerprint density at radius 1 is 1.17 bits per heavy atom. The van der Waals surface area contributed by atoms with Crippen molar-refractivity contribution in [3.05, 3.63) is 17.6 Å². The Bertz CT molecular complexity index is 527. The molecule has 1 saturated carbocycles. The number of likely N-dealkylation sites (tertiary alicyclic amines) is 1. The first-order valence-electron chi connectivity index (χ1n) is 8.87. The van der Waals surface area contributed by atoms with Gasteiger partial charge in [0.25, 0.3) is 0 Å². The maximum absolute atomic E-state index is 12.4. The van der Waals surface area contributed by atoms with Crippen molar-refractivity contribution >= 4 is 5.91 Å². The summed E-state index contributed by atoms with van der Waals surface area (Å²) in [6.45, 7) is 5.44. The molecular weight excluding hydrogens is 290 g/mol. The summed E-state index contributed by atoms with van der Waals surface area (Å²) in [5.74, 6) is 2.36. The fourth-order valence-electron chi connectivity index (χ4n) is 3.73. The van der Waals surface area contributed by atoms with Crippen molar-refractivity contribution in [1.82, 2.24) is 14.9 Å². The van der Waals surface area contributed by atoms with Crippen molar-refractivity contribution in [3.8, 4) is 5.88 Å². The van der Waals surface area contributed by atoms with Gasteiger partial charge in [0.2, 0.25) is 11.8 Å². The van der Waals surface area contributed by atoms with Crippen molar-refractivity contribution < 1.29 is 9.53 Å². The van der Waals surface area contributed by atoms with E-state index < -0.39 is 0 Å². The average Bonchev–Trinajstić information content (AvgIpc) is 3.00. The van der Waals surface area contributed by atoms with Crippen LogP contribution in [0.4, 0.5) is 0 Å². The zero-order chi connectivity index (χ0) is 16.2. The molecule has 0 bridgehead atoms. The molecule has 0 radical (unpaired) electrons. The van der Waals surface area contributed by atoms with Crippen molar-refractivity contribution in [2.75, 3.05) is 13.1 Å². The third kappa shape index (κ3) is 4.43. The van der Waals surface area contributed by atoms with Crippen LogP contribution in [0.15, 0.2) is 6.07 Å². The Labute approximate surface area is 138 Å². The second-order valence-corrected chi connectivity index (χ2v) is 6.95. The number of carbonyl (C=O) groups is 1. The molecule has 1 saturated heterocycles. The molecule has 0 spiro atoms. The average molecular weight is 317 g/mol. The predicted octanol–water partition coefficient (Wildman–Crippen LogP) is 3.04. The quantitative estimate of drug-likeness (QED) is 0.856. The van der Waals surface area contributed by atoms with Crippen LogP contribution in [0.5, 0.6) is 5.88 Å². The molecule has 2 aliphatic rings. The lowest BCUT2D eigenvalue weighted by molar-refractivity contribution is -0.134. The summed E-state index contributed by atoms with van der Waals surface area (Å²) >= 11 is 0. The van der Waals surface area contributed by atoms with Gasteiger partial charge in [-0.05, 0) is 32.6 Å². The minimum atomic E-state index is 0.152. The van der Waals surface area contributed by atoms with Crippen LogP contribution in [0.3, 0.4) is 0 Å². The second kappa shape index (κ2) is 7.28. The SMILES string of the molecule is Cc1cc(OC2CCN(C(=O)CC3CCCC3)CC2)nc(C)n1. The van der Waals surface area contributed by atoms with E-state index >= 15 is 0 Å². The number of piperidine rings is 1. The number of aryl methyl sites for hydroxylation is 2. The Morgan fingerprint density at radius 3 is 2.52 bits per heavy atom. The van der Waals surface area contributed by atoms with Crippen LogP contribution >= 0.6 is 0 Å². The van der Waals surface area contributed by atoms with Gasteiger partial charge in [0.1, 0.15) is 11.9 Å². The van der Waals surface area contributed by atoms with Gasteiger partial charge in [-0.3, -0.25) is 4.79 Å². The molecule has 0 atom stereocenters. The summed E-state index contributed by atoms with van der Waals surface area (Å²) in [6, 6.07) is 1.88. The van der Waals surface area contributed by atoms with E-state index in [2.05, 4.69) is 9.97 Å². The standard InChI is InChI=1S/C18H27N3O2/c1-13-11-17(20-14(2)19-13)23-16-7-9-21(10-8-16)18(22)12-15-5-3-4-6-15/h11,15-16H,3-10,12H2,1-2H3. The minimum Gasteiger partial charge on any atom is -0.474 e. The molecule has 1 aliphatic heterocycles. The van der Waals surface area contributed by atoms with Gasteiger partial charge in [-0.2, -0.15) is 4.98 Å². The molecule has 0 aromatic carbocycles. The molecule has 5 heteroatoms. The summed E-state index contributed by atoms with van der Waals surface area (Å²) in [5.41, 5.74) is 0.927. The highest BCUT2D eigenvalue weighted by Gasteiger charge is 2.27. The number of rotatable bonds is 4. The van der Waals surface area contributed by atoms with Gasteiger partial charge in [0.05, 0.1) is 0 Å². The molecule has 0 N–H and O–H groups in total. The van der Waals surface area contributed by atoms with Crippen LogP contribution in [-0.4, -0.2) is 40.0 Å². The maximum atomic E-state index is 12.4. The van der Waals surface area contributed by atoms with E-state index in [-0.39, 0.29) is 6.10 Å². The van der Waals surface area contributed by atoms with Crippen LogP contribution in [0.1, 0.15) is 56.5 Å². The third-order valence-electron chi connectivity index (χ3n) is 4.96. The Hall–Kier alpha value is -1.65. The van der Waals surface area contributed by atoms with Crippen molar-refractivity contribution in [3.63, 3.8) is 0 Å². The number of carbonyl (C=O) groups excluding carboxylic acids is 1. The zero-order valence-electron chi connectivity index (χ0n) is 14.3. The fourth-order valence-corrected chi connectivity index (χ4v) is 3.73. The van der Waals surface area contributed by atoms with Gasteiger partial charge in [-0.1, -0.05) is 12.8 Å². The smallest absolute Gasteiger partial charge is 0.222 e. The molecule has 1 aromatic rings. The van der Waals surface area contributed by atoms with E-state index in [1.165, 1.54) is 25.7 Å². The number of aromatic nitrogens is 2. The van der Waals surface area contributed by atoms with E-state index in [1.54, 1.807) is 0 Å². The predicted molar refractivity (Wildman–Crippen MR) is 88.3 cm³/mol. The van der Waals surface area contributed by atoms with E-state index in [1.807, 2.05) is 24.8 Å². The molecule has 3 rings (SSSR count). The van der Waals surface area contributed by atoms with Gasteiger partial charge in [0, 0.05) is 44.1 Å². The van der Waals surface area contributed by atoms with Gasteiger partial charge in [-0.15, -0.1) is 0 Å². The zero-order valence-corrected chi connectivity index (χ0v) is 14.3. The summed E-state index contributed by atoms with van der Waals surface area (Å²) in [7, 11) is 0. The molecule has 1 amide bonds. The lowest BCUT2D eigenvalue weighted by atomic mass is 10.0. The largest absolute Gasteiger partial charge is 0.474 e. The van der Waals surface area contributed by atoms with Gasteiger partial charge in [0.15, 0.2) is 0 Å². The molecule has 0 unspecified atom stereocenters. The maximum Gasteiger partial charge on any atom is 0.222 e. The molecule has 5 nitrogen and oxygen atoms in total. The second-order valence-electron chi connectivity index (χ2n) is 6.95. The highest BCUT2D eigenvalue weighted by molar-refractivity contribution is 5.76. The van der Waals surface area contributed by atoms with Gasteiger partial charge < -0.3 is 9.64 Å². The first-order chi connectivity index (χ1) is 11.1. The monoisotopic (exact) mass is 317 g/mol. The molecule has 1 aromatic heterocycles. The molecule has 126 valence electrons. The Morgan fingerprint density at radius 2 is 1.87 bits per heavy atom. The molecule has 2 heterocycles. The summed E-state index contributed by atoms with van der Waals surface area (Å²) in [4.78, 5) is 23.0. The summed E-state index contributed by atoms with van der Waals surface area (Å²) in [6.07, 6.45) is 7.73. The Balaban J connectivity index is 1.47. The van der Waals surface area contributed by atoms with Crippen LogP contribution < -0.4 is 4.74 Å². The first-order valence-corrected chi connectivity index (χ1v) is 8.87. The van der Waals surface area contributed by atoms with Gasteiger partial charge in [-0.25, -0.2) is 4.98 Å². The Kier molecular flexibility index (Phi) is 5.13. The first kappa shape index (κ1) is 16.2. The van der Waals surface area contributed by atoms with Crippen LogP contribution in [-0.2, 0) is 4.79 Å². The normalized spacial score (nSPS) is 20.0. The fraction of sp³-hybridized carbons (Fsp3) is 0.722. The van der Waals surface area contributed by atoms with Gasteiger partial charge >= 0.3 is 0 Å². The lowest BCUT2D eigenvalue weighted by Crippen LogP contribution is -2.42. The van der Waals surface area contributed by atoms with Crippen molar-refractivity contribution in [1.29, 1.82) is 0 Å². The number of ether oxygens (including phenoxy) is 1. The number of amides is 1. The number of hydrogen-bond acceptors (Lipinski definition) is 4. The number of nitrogens with zero attached hydrogens (tertiary/aromatic N) is 3. The molecule has 1 aliphatic carbocycles. The summed E-state index contributed by atoms with van der Waals surface area (Å²) in [5, 5.41) is 0. The van der Waals surface area contributed by atoms with Crippen molar-refractivity contribution in [2.45, 2.75) is 64.9 Å². The van der Waals surface area contributed by atoms with Crippen LogP contribution in [0.25, 0.3) is 0 Å². The molecular formula is C18H27N3O2. The highest BCUT2D eigenvalue weighted by Crippen LogP contribution is 2.28. The highest BCUT2D eigenvalue weighted by atomic mass is 16.5. The molecule has 2 fully saturated rings. The third-order valence-corrected chi connectivity index (χ3v) is 4.96. The molecule has 23 heavy (non-hydrogen) atoms. The van der Waals surface area contributed by atoms with Crippen LogP contribution in [0.2, 0.25) is 0 Å². The van der Waals surface area contributed by atoms with E-state index in [0.29, 0.717) is 17.7 Å². The lowest BCUT2D eigenvalue weighted by Gasteiger charge is -2.32.